The summed E-state index contributed by atoms with van der Waals surface area (Å²) in [6.07, 6.45) is 0. The van der Waals surface area contributed by atoms with Gasteiger partial charge in [0.15, 0.2) is 0 Å². The smallest absolute Gasteiger partial charge is 0.0378 e. The molecular weight excluding hydrogens is 140 g/mol. The quantitative estimate of drug-likeness (QED) is 0.537. The zero-order valence-corrected chi connectivity index (χ0v) is 6.53. The number of thiophene rings is 1. The predicted molar refractivity (Wildman–Crippen MR) is 45.4 cm³/mol. The van der Waals surface area contributed by atoms with Gasteiger partial charge in [-0.05, 0) is 30.0 Å². The van der Waals surface area contributed by atoms with Crippen LogP contribution in [-0.2, 0) is 0 Å². The van der Waals surface area contributed by atoms with Crippen molar-refractivity contribution in [1.82, 2.24) is 0 Å². The van der Waals surface area contributed by atoms with Crippen LogP contribution in [0.1, 0.15) is 5.56 Å². The van der Waals surface area contributed by atoms with Crippen LogP contribution < -0.4 is 0 Å². The molecule has 10 heavy (non-hydrogen) atoms. The summed E-state index contributed by atoms with van der Waals surface area (Å²) in [7, 11) is 0. The van der Waals surface area contributed by atoms with Crippen LogP contribution in [0.15, 0.2) is 23.6 Å². The first-order chi connectivity index (χ1) is 4.88. The first kappa shape index (κ1) is 5.93. The minimum absolute atomic E-state index is 1.24. The third-order valence-electron chi connectivity index (χ3n) is 1.60. The highest BCUT2D eigenvalue weighted by molar-refractivity contribution is 7.17. The largest absolute Gasteiger partial charge is 0.144 e. The van der Waals surface area contributed by atoms with Gasteiger partial charge >= 0.3 is 0 Å². The Labute approximate surface area is 64.1 Å². The lowest BCUT2D eigenvalue weighted by Gasteiger charge is -1.91. The normalized spacial score (nSPS) is 10.5. The summed E-state index contributed by atoms with van der Waals surface area (Å²) in [4.78, 5) is 0. The molecule has 0 nitrogen and oxygen atoms in total. The lowest BCUT2D eigenvalue weighted by Crippen LogP contribution is -1.68. The molecule has 0 aliphatic rings. The van der Waals surface area contributed by atoms with Crippen LogP contribution in [0.4, 0.5) is 0 Å². The summed E-state index contributed by atoms with van der Waals surface area (Å²) in [6, 6.07) is 9.36. The molecule has 0 amide bonds. The lowest BCUT2D eigenvalue weighted by atomic mass is 10.2. The predicted octanol–water partition coefficient (Wildman–Crippen LogP) is 3.01. The third-order valence-corrected chi connectivity index (χ3v) is 2.65. The number of hydrogen-bond donors (Lipinski definition) is 0. The first-order valence-corrected chi connectivity index (χ1v) is 4.10. The molecule has 49 valence electrons. The van der Waals surface area contributed by atoms with Crippen LogP contribution >= 0.6 is 11.3 Å². The fourth-order valence-corrected chi connectivity index (χ4v) is 1.91. The average molecular weight is 147 g/mol. The molecule has 0 bridgehead atoms. The molecule has 0 spiro atoms. The Morgan fingerprint density at radius 2 is 2.30 bits per heavy atom. The van der Waals surface area contributed by atoms with E-state index in [0.29, 0.717) is 0 Å². The monoisotopic (exact) mass is 147 g/mol. The topological polar surface area (TPSA) is 0 Å². The second kappa shape index (κ2) is 2.10. The van der Waals surface area contributed by atoms with Crippen LogP contribution in [0, 0.1) is 13.0 Å². The summed E-state index contributed by atoms with van der Waals surface area (Å²) in [5, 5.41) is 3.35. The van der Waals surface area contributed by atoms with Crippen LogP contribution in [0.3, 0.4) is 0 Å². The van der Waals surface area contributed by atoms with Gasteiger partial charge in [0.05, 0.1) is 0 Å². The number of rotatable bonds is 0. The van der Waals surface area contributed by atoms with E-state index >= 15 is 0 Å². The standard InChI is InChI=1S/C9H7S/c1-7-3-2-4-8-5-6-10-9(7)8/h2-3,5-6H,1H3. The molecule has 2 rings (SSSR count). The Morgan fingerprint density at radius 1 is 1.40 bits per heavy atom. The third kappa shape index (κ3) is 0.745. The van der Waals surface area contributed by atoms with E-state index in [4.69, 9.17) is 0 Å². The molecule has 1 radical (unpaired) electrons. The molecule has 0 aliphatic carbocycles. The van der Waals surface area contributed by atoms with Gasteiger partial charge in [0.1, 0.15) is 0 Å². The van der Waals surface area contributed by atoms with Crippen molar-refractivity contribution >= 4 is 21.4 Å². The zero-order chi connectivity index (χ0) is 6.97. The average Bonchev–Trinajstić information content (AvgIpc) is 2.36. The van der Waals surface area contributed by atoms with Gasteiger partial charge in [0, 0.05) is 10.1 Å². The van der Waals surface area contributed by atoms with Gasteiger partial charge in [0.2, 0.25) is 0 Å². The molecule has 2 aromatic rings. The van der Waals surface area contributed by atoms with Crippen molar-refractivity contribution in [3.8, 4) is 0 Å². The highest BCUT2D eigenvalue weighted by Gasteiger charge is 1.95. The van der Waals surface area contributed by atoms with Gasteiger partial charge in [-0.1, -0.05) is 12.1 Å². The maximum absolute atomic E-state index is 3.18. The van der Waals surface area contributed by atoms with Crippen LogP contribution in [-0.4, -0.2) is 0 Å². The number of aryl methyl sites for hydroxylation is 1. The number of hydrogen-bond acceptors (Lipinski definition) is 1. The minimum Gasteiger partial charge on any atom is -0.144 e. The Kier molecular flexibility index (Phi) is 1.24. The molecule has 0 saturated heterocycles. The molecule has 0 N–H and O–H groups in total. The fourth-order valence-electron chi connectivity index (χ4n) is 1.06. The zero-order valence-electron chi connectivity index (χ0n) is 5.72. The number of fused-ring (bicyclic) bond motifs is 1. The summed E-state index contributed by atoms with van der Waals surface area (Å²) in [5.74, 6) is 0. The molecule has 1 aromatic heterocycles. The van der Waals surface area contributed by atoms with Gasteiger partial charge in [0.25, 0.3) is 0 Å². The van der Waals surface area contributed by atoms with Gasteiger partial charge in [-0.2, -0.15) is 0 Å². The van der Waals surface area contributed by atoms with E-state index in [9.17, 15) is 0 Å². The molecule has 0 fully saturated rings. The van der Waals surface area contributed by atoms with Gasteiger partial charge in [-0.15, -0.1) is 11.3 Å². The van der Waals surface area contributed by atoms with Crippen molar-refractivity contribution in [3.05, 3.63) is 35.2 Å². The summed E-state index contributed by atoms with van der Waals surface area (Å²) >= 11 is 1.78. The van der Waals surface area contributed by atoms with Crippen LogP contribution in [0.25, 0.3) is 10.1 Å². The van der Waals surface area contributed by atoms with Crippen molar-refractivity contribution in [3.63, 3.8) is 0 Å². The molecule has 0 atom stereocenters. The molecule has 0 aliphatic heterocycles. The van der Waals surface area contributed by atoms with Crippen molar-refractivity contribution in [2.24, 2.45) is 0 Å². The molecule has 1 aromatic carbocycles. The van der Waals surface area contributed by atoms with E-state index in [-0.39, 0.29) is 0 Å². The summed E-state index contributed by atoms with van der Waals surface area (Å²) in [5.41, 5.74) is 1.35. The van der Waals surface area contributed by atoms with E-state index < -0.39 is 0 Å². The van der Waals surface area contributed by atoms with E-state index in [1.807, 2.05) is 6.07 Å². The number of benzene rings is 1. The maximum Gasteiger partial charge on any atom is 0.0378 e. The molecule has 1 heteroatoms. The van der Waals surface area contributed by atoms with Crippen molar-refractivity contribution < 1.29 is 0 Å². The van der Waals surface area contributed by atoms with E-state index in [0.717, 1.165) is 0 Å². The van der Waals surface area contributed by atoms with Gasteiger partial charge in [-0.25, -0.2) is 0 Å². The van der Waals surface area contributed by atoms with Crippen LogP contribution in [0.5, 0.6) is 0 Å². The van der Waals surface area contributed by atoms with Crippen molar-refractivity contribution in [1.29, 1.82) is 0 Å². The minimum atomic E-state index is 1.24. The fraction of sp³-hybridized carbons (Fsp3) is 0.111. The van der Waals surface area contributed by atoms with Gasteiger partial charge in [-0.3, -0.25) is 0 Å². The molecule has 0 saturated carbocycles. The molecular formula is C9H7S. The summed E-state index contributed by atoms with van der Waals surface area (Å²) < 4.78 is 1.36. The Morgan fingerprint density at radius 3 is 3.10 bits per heavy atom. The van der Waals surface area contributed by atoms with E-state index in [2.05, 4.69) is 30.5 Å². The highest BCUT2D eigenvalue weighted by atomic mass is 32.1. The Bertz CT molecular complexity index is 346. The van der Waals surface area contributed by atoms with E-state index in [1.165, 1.54) is 15.6 Å². The Hall–Kier alpha value is -0.820. The SMILES string of the molecule is Cc1cc[c]c2ccsc12. The second-order valence-electron chi connectivity index (χ2n) is 2.32. The van der Waals surface area contributed by atoms with Crippen molar-refractivity contribution in [2.45, 2.75) is 6.92 Å². The van der Waals surface area contributed by atoms with E-state index in [1.54, 1.807) is 11.3 Å². The van der Waals surface area contributed by atoms with Crippen molar-refractivity contribution in [2.75, 3.05) is 0 Å². The first-order valence-electron chi connectivity index (χ1n) is 3.22. The molecule has 0 unspecified atom stereocenters. The lowest BCUT2D eigenvalue weighted by molar-refractivity contribution is 1.56. The maximum atomic E-state index is 3.18. The van der Waals surface area contributed by atoms with Gasteiger partial charge < -0.3 is 0 Å². The summed E-state index contributed by atoms with van der Waals surface area (Å²) in [6.45, 7) is 2.13. The highest BCUT2D eigenvalue weighted by Crippen LogP contribution is 2.22. The second-order valence-corrected chi connectivity index (χ2v) is 3.24. The Balaban J connectivity index is 2.95. The molecule has 1 heterocycles. The van der Waals surface area contributed by atoms with Crippen LogP contribution in [0.2, 0.25) is 0 Å².